The van der Waals surface area contributed by atoms with Crippen molar-refractivity contribution in [1.82, 2.24) is 0 Å². The van der Waals surface area contributed by atoms with Gasteiger partial charge in [-0.05, 0) is 55.7 Å². The zero-order valence-electron chi connectivity index (χ0n) is 12.9. The molecule has 3 rings (SSSR count). The first-order valence-corrected chi connectivity index (χ1v) is 7.54. The van der Waals surface area contributed by atoms with Gasteiger partial charge < -0.3 is 15.3 Å². The van der Waals surface area contributed by atoms with E-state index in [4.69, 9.17) is 0 Å². The molecule has 4 heteroatoms. The summed E-state index contributed by atoms with van der Waals surface area (Å²) in [4.78, 5) is 2.22. The molecule has 22 heavy (non-hydrogen) atoms. The third-order valence-electron chi connectivity index (χ3n) is 3.97. The highest BCUT2D eigenvalue weighted by Crippen LogP contribution is 2.35. The maximum Gasteiger partial charge on any atom is 0.123 e. The molecule has 1 heterocycles. The molecule has 0 saturated heterocycles. The molecule has 2 aromatic carbocycles. The van der Waals surface area contributed by atoms with E-state index in [2.05, 4.69) is 22.3 Å². The van der Waals surface area contributed by atoms with Crippen LogP contribution in [0.2, 0.25) is 0 Å². The highest BCUT2D eigenvalue weighted by atomic mass is 19.1. The van der Waals surface area contributed by atoms with E-state index >= 15 is 0 Å². The van der Waals surface area contributed by atoms with E-state index in [0.29, 0.717) is 6.42 Å². The van der Waals surface area contributed by atoms with Gasteiger partial charge in [-0.1, -0.05) is 18.2 Å². The van der Waals surface area contributed by atoms with E-state index in [1.165, 1.54) is 12.1 Å². The largest absolute Gasteiger partial charge is 0.390 e. The summed E-state index contributed by atoms with van der Waals surface area (Å²) < 4.78 is 13.1. The van der Waals surface area contributed by atoms with Crippen molar-refractivity contribution in [2.45, 2.75) is 25.9 Å². The summed E-state index contributed by atoms with van der Waals surface area (Å²) in [5.74, 6) is -0.224. The molecular weight excluding hydrogens is 279 g/mol. The number of halogens is 1. The van der Waals surface area contributed by atoms with Crippen molar-refractivity contribution < 1.29 is 9.50 Å². The predicted octanol–water partition coefficient (Wildman–Crippen LogP) is 3.84. The fourth-order valence-corrected chi connectivity index (χ4v) is 2.64. The van der Waals surface area contributed by atoms with Gasteiger partial charge in [0.1, 0.15) is 5.82 Å². The fraction of sp³-hybridized carbons (Fsp3) is 0.333. The number of hydrogen-bond acceptors (Lipinski definition) is 3. The Labute approximate surface area is 130 Å². The molecule has 0 radical (unpaired) electrons. The average Bonchev–Trinajstić information content (AvgIpc) is 2.87. The lowest BCUT2D eigenvalue weighted by Gasteiger charge is -2.23. The molecule has 116 valence electrons. The fourth-order valence-electron chi connectivity index (χ4n) is 2.64. The topological polar surface area (TPSA) is 35.5 Å². The van der Waals surface area contributed by atoms with E-state index < -0.39 is 5.60 Å². The van der Waals surface area contributed by atoms with Crippen LogP contribution in [0.15, 0.2) is 42.5 Å². The van der Waals surface area contributed by atoms with Gasteiger partial charge >= 0.3 is 0 Å². The van der Waals surface area contributed by atoms with Gasteiger partial charge in [0.25, 0.3) is 0 Å². The Morgan fingerprint density at radius 3 is 2.50 bits per heavy atom. The minimum absolute atomic E-state index is 0.224. The van der Waals surface area contributed by atoms with Crippen molar-refractivity contribution in [3.63, 3.8) is 0 Å². The Morgan fingerprint density at radius 2 is 1.82 bits per heavy atom. The van der Waals surface area contributed by atoms with Crippen LogP contribution in [-0.4, -0.2) is 23.9 Å². The van der Waals surface area contributed by atoms with Gasteiger partial charge in [0.2, 0.25) is 0 Å². The summed E-state index contributed by atoms with van der Waals surface area (Å²) in [6, 6.07) is 12.8. The van der Waals surface area contributed by atoms with E-state index in [9.17, 15) is 9.50 Å². The summed E-state index contributed by atoms with van der Waals surface area (Å²) in [7, 11) is 0. The molecule has 0 aromatic heterocycles. The number of anilines is 2. The Morgan fingerprint density at radius 1 is 1.14 bits per heavy atom. The number of aliphatic hydroxyl groups is 1. The van der Waals surface area contributed by atoms with Crippen LogP contribution in [0.5, 0.6) is 0 Å². The molecule has 0 saturated carbocycles. The van der Waals surface area contributed by atoms with E-state index in [0.717, 1.165) is 35.7 Å². The van der Waals surface area contributed by atoms with Gasteiger partial charge in [0.05, 0.1) is 23.6 Å². The second-order valence-electron chi connectivity index (χ2n) is 6.40. The summed E-state index contributed by atoms with van der Waals surface area (Å²) in [6.45, 7) is 5.19. The summed E-state index contributed by atoms with van der Waals surface area (Å²) in [5, 5.41) is 13.3. The third kappa shape index (κ3) is 3.22. The summed E-state index contributed by atoms with van der Waals surface area (Å²) in [5.41, 5.74) is 3.62. The molecule has 0 atom stereocenters. The lowest BCUT2D eigenvalue weighted by atomic mass is 10.0. The smallest absolute Gasteiger partial charge is 0.123 e. The molecule has 0 spiro atoms. The van der Waals surface area contributed by atoms with Crippen molar-refractivity contribution >= 4 is 11.4 Å². The predicted molar refractivity (Wildman–Crippen MR) is 88.6 cm³/mol. The minimum Gasteiger partial charge on any atom is -0.390 e. The van der Waals surface area contributed by atoms with Crippen molar-refractivity contribution in [1.29, 1.82) is 0 Å². The molecule has 0 fully saturated rings. The normalized spacial score (nSPS) is 13.9. The van der Waals surface area contributed by atoms with Crippen LogP contribution in [-0.2, 0) is 0 Å². The van der Waals surface area contributed by atoms with Gasteiger partial charge in [-0.3, -0.25) is 0 Å². The van der Waals surface area contributed by atoms with Crippen LogP contribution in [0, 0.1) is 5.82 Å². The lowest BCUT2D eigenvalue weighted by molar-refractivity contribution is 0.0732. The van der Waals surface area contributed by atoms with Crippen LogP contribution in [0.3, 0.4) is 0 Å². The average molecular weight is 300 g/mol. The monoisotopic (exact) mass is 300 g/mol. The molecule has 3 nitrogen and oxygen atoms in total. The number of nitrogens with zero attached hydrogens (tertiary/aromatic N) is 1. The number of fused-ring (bicyclic) bond motifs is 1. The quantitative estimate of drug-likeness (QED) is 0.900. The van der Waals surface area contributed by atoms with Crippen molar-refractivity contribution in [3.05, 3.63) is 48.3 Å². The lowest BCUT2D eigenvalue weighted by Crippen LogP contribution is -2.30. The van der Waals surface area contributed by atoms with Gasteiger partial charge in [-0.25, -0.2) is 4.39 Å². The molecule has 0 bridgehead atoms. The van der Waals surface area contributed by atoms with Gasteiger partial charge in [-0.15, -0.1) is 0 Å². The molecule has 1 aliphatic rings. The maximum atomic E-state index is 13.1. The zero-order chi connectivity index (χ0) is 15.7. The highest BCUT2D eigenvalue weighted by Gasteiger charge is 2.21. The van der Waals surface area contributed by atoms with Crippen LogP contribution < -0.4 is 10.2 Å². The number of benzene rings is 2. The first kappa shape index (κ1) is 14.9. The van der Waals surface area contributed by atoms with Gasteiger partial charge in [0, 0.05) is 6.54 Å². The zero-order valence-corrected chi connectivity index (χ0v) is 12.9. The Bertz CT molecular complexity index is 662. The first-order valence-electron chi connectivity index (χ1n) is 7.54. The molecule has 2 aromatic rings. The highest BCUT2D eigenvalue weighted by molar-refractivity contribution is 5.81. The van der Waals surface area contributed by atoms with Crippen LogP contribution >= 0.6 is 0 Å². The molecule has 2 N–H and O–H groups in total. The Hall–Kier alpha value is -2.07. The Kier molecular flexibility index (Phi) is 3.79. The van der Waals surface area contributed by atoms with Crippen LogP contribution in [0.1, 0.15) is 20.3 Å². The van der Waals surface area contributed by atoms with Crippen LogP contribution in [0.4, 0.5) is 15.8 Å². The number of rotatable bonds is 4. The minimum atomic E-state index is -0.669. The molecule has 0 unspecified atom stereocenters. The Balaban J connectivity index is 1.84. The number of nitrogens with one attached hydrogen (secondary N) is 1. The van der Waals surface area contributed by atoms with E-state index in [1.807, 2.05) is 19.9 Å². The molecule has 0 amide bonds. The SMILES string of the molecule is CC(C)(O)CCN1CNc2ccc(-c3ccc(F)cc3)cc21. The molecular formula is C18H21FN2O. The third-order valence-corrected chi connectivity index (χ3v) is 3.97. The molecule has 0 aliphatic carbocycles. The second kappa shape index (κ2) is 5.61. The van der Waals surface area contributed by atoms with Gasteiger partial charge in [-0.2, -0.15) is 0 Å². The van der Waals surface area contributed by atoms with Gasteiger partial charge in [0.15, 0.2) is 0 Å². The summed E-state index contributed by atoms with van der Waals surface area (Å²) >= 11 is 0. The number of hydrogen-bond donors (Lipinski definition) is 2. The standard InChI is InChI=1S/C18H21FN2O/c1-18(2,22)9-10-21-12-20-16-8-5-14(11-17(16)21)13-3-6-15(19)7-4-13/h3-8,11,20,22H,9-10,12H2,1-2H3. The first-order chi connectivity index (χ1) is 10.4. The van der Waals surface area contributed by atoms with Crippen molar-refractivity contribution in [3.8, 4) is 11.1 Å². The van der Waals surface area contributed by atoms with E-state index in [1.54, 1.807) is 12.1 Å². The van der Waals surface area contributed by atoms with Crippen LogP contribution in [0.25, 0.3) is 11.1 Å². The van der Waals surface area contributed by atoms with Crippen molar-refractivity contribution in [2.75, 3.05) is 23.4 Å². The maximum absolute atomic E-state index is 13.1. The van der Waals surface area contributed by atoms with E-state index in [-0.39, 0.29) is 5.82 Å². The second-order valence-corrected chi connectivity index (χ2v) is 6.40. The molecule has 1 aliphatic heterocycles. The van der Waals surface area contributed by atoms with Crippen molar-refractivity contribution in [2.24, 2.45) is 0 Å². The summed E-state index contributed by atoms with van der Waals surface area (Å²) in [6.07, 6.45) is 0.703.